The molecular formula is C12H26N2O. The fraction of sp³-hybridized carbons (Fsp3) is 1.00. The zero-order chi connectivity index (χ0) is 11.1. The van der Waals surface area contributed by atoms with Gasteiger partial charge in [-0.2, -0.15) is 0 Å². The van der Waals surface area contributed by atoms with Crippen molar-refractivity contribution in [2.75, 3.05) is 46.4 Å². The Labute approximate surface area is 94.2 Å². The molecule has 0 radical (unpaired) electrons. The second-order valence-electron chi connectivity index (χ2n) is 5.00. The number of ether oxygens (including phenoxy) is 1. The maximum atomic E-state index is 5.15. The van der Waals surface area contributed by atoms with Gasteiger partial charge in [-0.15, -0.1) is 0 Å². The third-order valence-electron chi connectivity index (χ3n) is 2.95. The first-order valence-electron chi connectivity index (χ1n) is 6.14. The number of hydrogen-bond acceptors (Lipinski definition) is 3. The molecule has 1 rings (SSSR count). The summed E-state index contributed by atoms with van der Waals surface area (Å²) in [7, 11) is 1.78. The van der Waals surface area contributed by atoms with Crippen molar-refractivity contribution in [2.24, 2.45) is 11.8 Å². The van der Waals surface area contributed by atoms with E-state index in [1.165, 1.54) is 32.6 Å². The first-order valence-corrected chi connectivity index (χ1v) is 6.14. The van der Waals surface area contributed by atoms with Crippen LogP contribution in [-0.4, -0.2) is 51.3 Å². The van der Waals surface area contributed by atoms with Crippen molar-refractivity contribution in [2.45, 2.75) is 20.3 Å². The molecule has 1 saturated heterocycles. The highest BCUT2D eigenvalue weighted by Crippen LogP contribution is 2.10. The fourth-order valence-electron chi connectivity index (χ4n) is 1.95. The van der Waals surface area contributed by atoms with E-state index in [-0.39, 0.29) is 0 Å². The number of nitrogens with one attached hydrogen (secondary N) is 1. The quantitative estimate of drug-likeness (QED) is 0.657. The van der Waals surface area contributed by atoms with Crippen LogP contribution in [0.2, 0.25) is 0 Å². The average Bonchev–Trinajstić information content (AvgIpc) is 2.10. The molecule has 1 fully saturated rings. The van der Waals surface area contributed by atoms with Crippen molar-refractivity contribution in [1.82, 2.24) is 10.2 Å². The first kappa shape index (κ1) is 12.9. The van der Waals surface area contributed by atoms with E-state index in [9.17, 15) is 0 Å². The van der Waals surface area contributed by atoms with Gasteiger partial charge in [0.1, 0.15) is 0 Å². The molecular weight excluding hydrogens is 188 g/mol. The lowest BCUT2D eigenvalue weighted by molar-refractivity contribution is 0.132. The van der Waals surface area contributed by atoms with Crippen LogP contribution in [0, 0.1) is 11.8 Å². The molecule has 0 aromatic carbocycles. The highest BCUT2D eigenvalue weighted by atomic mass is 16.5. The largest absolute Gasteiger partial charge is 0.383 e. The smallest absolute Gasteiger partial charge is 0.0589 e. The lowest BCUT2D eigenvalue weighted by Gasteiger charge is -2.31. The van der Waals surface area contributed by atoms with Crippen LogP contribution in [0.15, 0.2) is 0 Å². The number of methoxy groups -OCH3 is 1. The summed E-state index contributed by atoms with van der Waals surface area (Å²) in [6.07, 6.45) is 1.34. The fourth-order valence-corrected chi connectivity index (χ4v) is 1.95. The van der Waals surface area contributed by atoms with Gasteiger partial charge >= 0.3 is 0 Å². The molecule has 1 aliphatic heterocycles. The summed E-state index contributed by atoms with van der Waals surface area (Å²) in [6.45, 7) is 11.4. The number of rotatable bonds is 8. The second-order valence-corrected chi connectivity index (χ2v) is 5.00. The molecule has 0 aromatic rings. The Morgan fingerprint density at radius 3 is 2.53 bits per heavy atom. The molecule has 3 heteroatoms. The van der Waals surface area contributed by atoms with Gasteiger partial charge in [0.05, 0.1) is 6.61 Å². The van der Waals surface area contributed by atoms with Gasteiger partial charge < -0.3 is 15.0 Å². The maximum absolute atomic E-state index is 5.15. The Kier molecular flexibility index (Phi) is 6.22. The summed E-state index contributed by atoms with van der Waals surface area (Å²) in [4.78, 5) is 2.53. The minimum Gasteiger partial charge on any atom is -0.383 e. The summed E-state index contributed by atoms with van der Waals surface area (Å²) >= 11 is 0. The molecule has 0 spiro atoms. The van der Waals surface area contributed by atoms with Crippen LogP contribution in [0.3, 0.4) is 0 Å². The van der Waals surface area contributed by atoms with Gasteiger partial charge in [-0.1, -0.05) is 13.8 Å². The highest BCUT2D eigenvalue weighted by molar-refractivity contribution is 4.76. The van der Waals surface area contributed by atoms with Crippen molar-refractivity contribution < 1.29 is 4.74 Å². The summed E-state index contributed by atoms with van der Waals surface area (Å²) in [5.41, 5.74) is 0. The minimum absolute atomic E-state index is 0.751. The second kappa shape index (κ2) is 7.20. The number of hydrogen-bond donors (Lipinski definition) is 1. The van der Waals surface area contributed by atoms with Crippen LogP contribution >= 0.6 is 0 Å². The van der Waals surface area contributed by atoms with E-state index in [1.54, 1.807) is 7.11 Å². The average molecular weight is 214 g/mol. The van der Waals surface area contributed by atoms with E-state index in [2.05, 4.69) is 24.1 Å². The zero-order valence-corrected chi connectivity index (χ0v) is 10.5. The van der Waals surface area contributed by atoms with E-state index in [0.717, 1.165) is 25.0 Å². The Morgan fingerprint density at radius 1 is 1.33 bits per heavy atom. The lowest BCUT2D eigenvalue weighted by atomic mass is 9.99. The molecule has 0 saturated carbocycles. The van der Waals surface area contributed by atoms with Crippen LogP contribution < -0.4 is 5.32 Å². The number of nitrogens with zero attached hydrogens (tertiary/aromatic N) is 1. The van der Waals surface area contributed by atoms with E-state index in [4.69, 9.17) is 4.74 Å². The Bertz CT molecular complexity index is 158. The molecule has 1 aliphatic rings. The highest BCUT2D eigenvalue weighted by Gasteiger charge is 2.17. The van der Waals surface area contributed by atoms with Crippen LogP contribution in [0.4, 0.5) is 0 Å². The molecule has 1 heterocycles. The van der Waals surface area contributed by atoms with E-state index < -0.39 is 0 Å². The third kappa shape index (κ3) is 5.50. The Balaban J connectivity index is 2.14. The van der Waals surface area contributed by atoms with Gasteiger partial charge in [0, 0.05) is 20.2 Å². The van der Waals surface area contributed by atoms with Gasteiger partial charge in [0.2, 0.25) is 0 Å². The van der Waals surface area contributed by atoms with Crippen molar-refractivity contribution in [3.63, 3.8) is 0 Å². The summed E-state index contributed by atoms with van der Waals surface area (Å²) in [6, 6.07) is 0. The SMILES string of the molecule is COCCN(CCC1CNC1)CC(C)C. The summed E-state index contributed by atoms with van der Waals surface area (Å²) in [5, 5.41) is 3.33. The third-order valence-corrected chi connectivity index (χ3v) is 2.95. The van der Waals surface area contributed by atoms with Crippen LogP contribution in [0.5, 0.6) is 0 Å². The molecule has 90 valence electrons. The van der Waals surface area contributed by atoms with Gasteiger partial charge in [0.15, 0.2) is 0 Å². The predicted octanol–water partition coefficient (Wildman–Crippen LogP) is 1.20. The molecule has 0 bridgehead atoms. The Hall–Kier alpha value is -0.120. The zero-order valence-electron chi connectivity index (χ0n) is 10.5. The van der Waals surface area contributed by atoms with Gasteiger partial charge in [-0.05, 0) is 37.9 Å². The van der Waals surface area contributed by atoms with Gasteiger partial charge in [-0.3, -0.25) is 0 Å². The summed E-state index contributed by atoms with van der Waals surface area (Å²) in [5.74, 6) is 1.67. The molecule has 0 unspecified atom stereocenters. The normalized spacial score (nSPS) is 17.4. The van der Waals surface area contributed by atoms with E-state index in [0.29, 0.717) is 0 Å². The van der Waals surface area contributed by atoms with Crippen molar-refractivity contribution in [1.29, 1.82) is 0 Å². The summed E-state index contributed by atoms with van der Waals surface area (Å²) < 4.78 is 5.15. The molecule has 0 atom stereocenters. The van der Waals surface area contributed by atoms with E-state index in [1.807, 2.05) is 0 Å². The minimum atomic E-state index is 0.751. The van der Waals surface area contributed by atoms with Crippen LogP contribution in [-0.2, 0) is 4.74 Å². The molecule has 15 heavy (non-hydrogen) atoms. The van der Waals surface area contributed by atoms with Crippen molar-refractivity contribution >= 4 is 0 Å². The van der Waals surface area contributed by atoms with Gasteiger partial charge in [-0.25, -0.2) is 0 Å². The molecule has 0 aliphatic carbocycles. The molecule has 0 amide bonds. The Morgan fingerprint density at radius 2 is 2.07 bits per heavy atom. The monoisotopic (exact) mass is 214 g/mol. The standard InChI is InChI=1S/C12H26N2O/c1-11(2)10-14(6-7-15-3)5-4-12-8-13-9-12/h11-13H,4-10H2,1-3H3. The lowest BCUT2D eigenvalue weighted by Crippen LogP contribution is -2.44. The van der Waals surface area contributed by atoms with Gasteiger partial charge in [0.25, 0.3) is 0 Å². The van der Waals surface area contributed by atoms with Crippen molar-refractivity contribution in [3.05, 3.63) is 0 Å². The van der Waals surface area contributed by atoms with Crippen LogP contribution in [0.1, 0.15) is 20.3 Å². The van der Waals surface area contributed by atoms with Crippen LogP contribution in [0.25, 0.3) is 0 Å². The first-order chi connectivity index (χ1) is 7.22. The molecule has 3 nitrogen and oxygen atoms in total. The topological polar surface area (TPSA) is 24.5 Å². The van der Waals surface area contributed by atoms with E-state index >= 15 is 0 Å². The molecule has 0 aromatic heterocycles. The van der Waals surface area contributed by atoms with Crippen molar-refractivity contribution in [3.8, 4) is 0 Å². The predicted molar refractivity (Wildman–Crippen MR) is 64.1 cm³/mol. The molecule has 1 N–H and O–H groups in total. The maximum Gasteiger partial charge on any atom is 0.0589 e.